The summed E-state index contributed by atoms with van der Waals surface area (Å²) in [7, 11) is 0. The Morgan fingerprint density at radius 1 is 1.05 bits per heavy atom. The molecule has 0 heterocycles. The minimum absolute atomic E-state index is 0.355. The number of rotatable bonds is 5. The molecule has 2 aromatic rings. The first-order valence-corrected chi connectivity index (χ1v) is 7.24. The van der Waals surface area contributed by atoms with Crippen molar-refractivity contribution in [2.45, 2.75) is 39.7 Å². The number of nitrogens with one attached hydrogen (secondary N) is 1. The van der Waals surface area contributed by atoms with Crippen molar-refractivity contribution in [3.8, 4) is 5.75 Å². The van der Waals surface area contributed by atoms with Crippen LogP contribution in [-0.4, -0.2) is 5.11 Å². The van der Waals surface area contributed by atoms with Crippen LogP contribution < -0.4 is 5.32 Å². The number of anilines is 1. The molecule has 0 bridgehead atoms. The van der Waals surface area contributed by atoms with Gasteiger partial charge in [0.15, 0.2) is 0 Å². The predicted octanol–water partition coefficient (Wildman–Crippen LogP) is 4.69. The molecular formula is C18H23NO. The Balaban J connectivity index is 2.04. The molecule has 0 unspecified atom stereocenters. The third-order valence-corrected chi connectivity index (χ3v) is 3.61. The average Bonchev–Trinajstić information content (AvgIpc) is 2.47. The quantitative estimate of drug-likeness (QED) is 0.825. The van der Waals surface area contributed by atoms with Crippen LogP contribution in [0.4, 0.5) is 5.69 Å². The fourth-order valence-electron chi connectivity index (χ4n) is 2.18. The van der Waals surface area contributed by atoms with E-state index in [9.17, 15) is 5.11 Å². The van der Waals surface area contributed by atoms with Gasteiger partial charge in [-0.3, -0.25) is 0 Å². The van der Waals surface area contributed by atoms with Gasteiger partial charge in [0.25, 0.3) is 0 Å². The Labute approximate surface area is 121 Å². The van der Waals surface area contributed by atoms with E-state index in [-0.39, 0.29) is 0 Å². The van der Waals surface area contributed by atoms with E-state index in [1.807, 2.05) is 6.07 Å². The monoisotopic (exact) mass is 269 g/mol. The van der Waals surface area contributed by atoms with Gasteiger partial charge in [-0.25, -0.2) is 0 Å². The Morgan fingerprint density at radius 3 is 2.35 bits per heavy atom. The van der Waals surface area contributed by atoms with Crippen LogP contribution >= 0.6 is 0 Å². The Hall–Kier alpha value is -1.96. The van der Waals surface area contributed by atoms with Crippen molar-refractivity contribution >= 4 is 5.69 Å². The summed E-state index contributed by atoms with van der Waals surface area (Å²) in [6.07, 6.45) is 0.983. The lowest BCUT2D eigenvalue weighted by atomic mass is 10.0. The molecule has 2 heteroatoms. The molecule has 0 aliphatic rings. The Bertz CT molecular complexity index is 558. The molecule has 0 fully saturated rings. The maximum atomic E-state index is 9.89. The fraction of sp³-hybridized carbons (Fsp3) is 0.333. The van der Waals surface area contributed by atoms with Gasteiger partial charge in [0.2, 0.25) is 0 Å². The van der Waals surface area contributed by atoms with Gasteiger partial charge in [-0.2, -0.15) is 0 Å². The van der Waals surface area contributed by atoms with Crippen molar-refractivity contribution < 1.29 is 5.11 Å². The molecule has 106 valence electrons. The second-order valence-corrected chi connectivity index (χ2v) is 5.45. The van der Waals surface area contributed by atoms with Crippen molar-refractivity contribution in [2.75, 3.05) is 5.32 Å². The fourth-order valence-corrected chi connectivity index (χ4v) is 2.18. The molecule has 0 aromatic heterocycles. The molecule has 20 heavy (non-hydrogen) atoms. The van der Waals surface area contributed by atoms with E-state index in [1.165, 1.54) is 11.1 Å². The number of phenolic OH excluding ortho intramolecular Hbond substituents is 1. The van der Waals surface area contributed by atoms with E-state index in [0.29, 0.717) is 18.2 Å². The highest BCUT2D eigenvalue weighted by molar-refractivity contribution is 5.47. The third kappa shape index (κ3) is 3.53. The van der Waals surface area contributed by atoms with Crippen LogP contribution in [0.25, 0.3) is 0 Å². The van der Waals surface area contributed by atoms with Crippen LogP contribution in [0.15, 0.2) is 42.5 Å². The molecule has 0 spiro atoms. The van der Waals surface area contributed by atoms with E-state index in [1.54, 1.807) is 6.07 Å². The zero-order valence-electron chi connectivity index (χ0n) is 12.5. The van der Waals surface area contributed by atoms with Gasteiger partial charge in [0.1, 0.15) is 5.75 Å². The number of aromatic hydroxyl groups is 1. The van der Waals surface area contributed by atoms with Crippen LogP contribution in [0.1, 0.15) is 43.4 Å². The molecule has 2 aromatic carbocycles. The molecule has 0 atom stereocenters. The first-order chi connectivity index (χ1) is 9.60. The molecule has 2 nitrogen and oxygen atoms in total. The molecule has 0 aliphatic heterocycles. The summed E-state index contributed by atoms with van der Waals surface area (Å²) in [4.78, 5) is 0. The van der Waals surface area contributed by atoms with Crippen molar-refractivity contribution in [2.24, 2.45) is 0 Å². The van der Waals surface area contributed by atoms with Gasteiger partial charge in [0, 0.05) is 17.8 Å². The summed E-state index contributed by atoms with van der Waals surface area (Å²) in [6.45, 7) is 7.14. The van der Waals surface area contributed by atoms with Crippen molar-refractivity contribution in [1.29, 1.82) is 0 Å². The minimum Gasteiger partial charge on any atom is -0.508 e. The first kappa shape index (κ1) is 14.4. The third-order valence-electron chi connectivity index (χ3n) is 3.61. The SMILES string of the molecule is CCc1ccc(O)c(CNc2ccc(C(C)C)cc2)c1. The van der Waals surface area contributed by atoms with E-state index >= 15 is 0 Å². The smallest absolute Gasteiger partial charge is 0.120 e. The average molecular weight is 269 g/mol. The first-order valence-electron chi connectivity index (χ1n) is 7.24. The summed E-state index contributed by atoms with van der Waals surface area (Å²) in [5, 5.41) is 13.2. The van der Waals surface area contributed by atoms with Gasteiger partial charge in [-0.15, -0.1) is 0 Å². The van der Waals surface area contributed by atoms with E-state index in [2.05, 4.69) is 56.4 Å². The summed E-state index contributed by atoms with van der Waals surface area (Å²) < 4.78 is 0. The highest BCUT2D eigenvalue weighted by Gasteiger charge is 2.03. The maximum absolute atomic E-state index is 9.89. The van der Waals surface area contributed by atoms with Crippen LogP contribution in [0.5, 0.6) is 5.75 Å². The van der Waals surface area contributed by atoms with Crippen molar-refractivity contribution in [1.82, 2.24) is 0 Å². The summed E-state index contributed by atoms with van der Waals surface area (Å²) >= 11 is 0. The van der Waals surface area contributed by atoms with E-state index in [4.69, 9.17) is 0 Å². The predicted molar refractivity (Wildman–Crippen MR) is 85.3 cm³/mol. The molecule has 0 saturated carbocycles. The molecule has 2 N–H and O–H groups in total. The van der Waals surface area contributed by atoms with E-state index in [0.717, 1.165) is 17.7 Å². The number of hydrogen-bond donors (Lipinski definition) is 2. The Kier molecular flexibility index (Phi) is 4.67. The van der Waals surface area contributed by atoms with Crippen LogP contribution in [-0.2, 0) is 13.0 Å². The standard InChI is InChI=1S/C18H23NO/c1-4-14-5-10-18(20)16(11-14)12-19-17-8-6-15(7-9-17)13(2)3/h5-11,13,19-20H,4,12H2,1-3H3. The number of hydrogen-bond acceptors (Lipinski definition) is 2. The second-order valence-electron chi connectivity index (χ2n) is 5.45. The van der Waals surface area contributed by atoms with Crippen LogP contribution in [0, 0.1) is 0 Å². The highest BCUT2D eigenvalue weighted by atomic mass is 16.3. The number of benzene rings is 2. The van der Waals surface area contributed by atoms with E-state index < -0.39 is 0 Å². The zero-order valence-corrected chi connectivity index (χ0v) is 12.5. The lowest BCUT2D eigenvalue weighted by molar-refractivity contribution is 0.469. The molecule has 0 aliphatic carbocycles. The maximum Gasteiger partial charge on any atom is 0.120 e. The van der Waals surface area contributed by atoms with Gasteiger partial charge >= 0.3 is 0 Å². The lowest BCUT2D eigenvalue weighted by Crippen LogP contribution is -2.00. The second kappa shape index (κ2) is 6.47. The lowest BCUT2D eigenvalue weighted by Gasteiger charge is -2.11. The van der Waals surface area contributed by atoms with Crippen LogP contribution in [0.3, 0.4) is 0 Å². The topological polar surface area (TPSA) is 32.3 Å². The van der Waals surface area contributed by atoms with Gasteiger partial charge < -0.3 is 10.4 Å². The molecule has 2 rings (SSSR count). The largest absolute Gasteiger partial charge is 0.508 e. The molecule has 0 radical (unpaired) electrons. The van der Waals surface area contributed by atoms with Crippen molar-refractivity contribution in [3.05, 3.63) is 59.2 Å². The molecule has 0 amide bonds. The highest BCUT2D eigenvalue weighted by Crippen LogP contribution is 2.21. The summed E-state index contributed by atoms with van der Waals surface area (Å²) in [5.74, 6) is 0.905. The zero-order chi connectivity index (χ0) is 14.5. The van der Waals surface area contributed by atoms with Gasteiger partial charge in [-0.1, -0.05) is 45.0 Å². The van der Waals surface area contributed by atoms with Gasteiger partial charge in [0.05, 0.1) is 0 Å². The normalized spacial score (nSPS) is 10.8. The summed E-state index contributed by atoms with van der Waals surface area (Å²) in [5.41, 5.74) is 4.61. The summed E-state index contributed by atoms with van der Waals surface area (Å²) in [6, 6.07) is 14.3. The Morgan fingerprint density at radius 2 is 1.75 bits per heavy atom. The van der Waals surface area contributed by atoms with Crippen LogP contribution in [0.2, 0.25) is 0 Å². The molecular weight excluding hydrogens is 246 g/mol. The molecule has 0 saturated heterocycles. The van der Waals surface area contributed by atoms with Gasteiger partial charge in [-0.05, 0) is 41.7 Å². The minimum atomic E-state index is 0.355. The van der Waals surface area contributed by atoms with Crippen molar-refractivity contribution in [3.63, 3.8) is 0 Å². The number of phenols is 1. The number of aryl methyl sites for hydroxylation is 1.